The van der Waals surface area contributed by atoms with Crippen molar-refractivity contribution in [3.63, 3.8) is 0 Å². The number of fused-ring (bicyclic) bond motifs is 1. The summed E-state index contributed by atoms with van der Waals surface area (Å²) in [5.74, 6) is 1.31. The number of nitrogens with one attached hydrogen (secondary N) is 1. The summed E-state index contributed by atoms with van der Waals surface area (Å²) in [5, 5.41) is 7.67. The van der Waals surface area contributed by atoms with Crippen molar-refractivity contribution in [2.75, 3.05) is 7.11 Å². The zero-order valence-corrected chi connectivity index (χ0v) is 14.1. The molecule has 0 radical (unpaired) electrons. The van der Waals surface area contributed by atoms with Gasteiger partial charge in [-0.25, -0.2) is 0 Å². The summed E-state index contributed by atoms with van der Waals surface area (Å²) in [4.78, 5) is 12.3. The molecule has 2 aromatic carbocycles. The van der Waals surface area contributed by atoms with Crippen LogP contribution in [-0.4, -0.2) is 18.2 Å². The van der Waals surface area contributed by atoms with Crippen LogP contribution in [0.15, 0.2) is 69.6 Å². The minimum Gasteiger partial charge on any atom is -0.497 e. The Morgan fingerprint density at radius 3 is 2.85 bits per heavy atom. The molecule has 6 heteroatoms. The van der Waals surface area contributed by atoms with E-state index in [-0.39, 0.29) is 18.2 Å². The van der Waals surface area contributed by atoms with Gasteiger partial charge in [0.2, 0.25) is 0 Å². The number of carbonyl (C=O) groups excluding carboxylic acids is 1. The van der Waals surface area contributed by atoms with E-state index in [2.05, 4.69) is 10.5 Å². The van der Waals surface area contributed by atoms with E-state index in [9.17, 15) is 4.79 Å². The predicted molar refractivity (Wildman–Crippen MR) is 95.9 cm³/mol. The third-order valence-electron chi connectivity index (χ3n) is 3.99. The minimum absolute atomic E-state index is 0.239. The van der Waals surface area contributed by atoms with Gasteiger partial charge in [-0.15, -0.1) is 0 Å². The van der Waals surface area contributed by atoms with Crippen LogP contribution in [0.4, 0.5) is 0 Å². The normalized spacial score (nSPS) is 10.8. The van der Waals surface area contributed by atoms with E-state index in [1.54, 1.807) is 19.2 Å². The first-order valence-electron chi connectivity index (χ1n) is 8.10. The molecule has 4 aromatic rings. The molecule has 6 nitrogen and oxygen atoms in total. The van der Waals surface area contributed by atoms with Crippen molar-refractivity contribution < 1.29 is 18.5 Å². The maximum absolute atomic E-state index is 12.3. The topological polar surface area (TPSA) is 77.5 Å². The molecule has 0 saturated heterocycles. The predicted octanol–water partition coefficient (Wildman–Crippen LogP) is 4.03. The number of rotatable bonds is 5. The molecule has 0 aliphatic rings. The van der Waals surface area contributed by atoms with Gasteiger partial charge in [-0.1, -0.05) is 35.5 Å². The lowest BCUT2D eigenvalue weighted by Crippen LogP contribution is -2.22. The molecule has 1 amide bonds. The Morgan fingerprint density at radius 2 is 2.00 bits per heavy atom. The van der Waals surface area contributed by atoms with Gasteiger partial charge in [0.1, 0.15) is 17.0 Å². The lowest BCUT2D eigenvalue weighted by molar-refractivity contribution is 0.0924. The Labute approximate surface area is 149 Å². The van der Waals surface area contributed by atoms with E-state index in [1.807, 2.05) is 48.5 Å². The summed E-state index contributed by atoms with van der Waals surface area (Å²) < 4.78 is 16.1. The second kappa shape index (κ2) is 6.76. The van der Waals surface area contributed by atoms with Crippen LogP contribution in [0.25, 0.3) is 22.3 Å². The van der Waals surface area contributed by atoms with E-state index >= 15 is 0 Å². The summed E-state index contributed by atoms with van der Waals surface area (Å²) in [7, 11) is 1.61. The summed E-state index contributed by atoms with van der Waals surface area (Å²) in [5.41, 5.74) is 2.15. The molecule has 1 N–H and O–H groups in total. The molecule has 0 atom stereocenters. The van der Waals surface area contributed by atoms with Gasteiger partial charge in [0, 0.05) is 17.0 Å². The van der Waals surface area contributed by atoms with Gasteiger partial charge < -0.3 is 19.0 Å². The SMILES string of the molecule is COc1cccc(-c2cc(CNC(=O)c3cc4ccccc4o3)no2)c1. The highest BCUT2D eigenvalue weighted by Gasteiger charge is 2.13. The molecular formula is C20H16N2O4. The second-order valence-corrected chi connectivity index (χ2v) is 5.75. The molecule has 0 unspecified atom stereocenters. The monoisotopic (exact) mass is 348 g/mol. The van der Waals surface area contributed by atoms with Crippen LogP contribution >= 0.6 is 0 Å². The third kappa shape index (κ3) is 3.17. The lowest BCUT2D eigenvalue weighted by atomic mass is 10.1. The molecule has 26 heavy (non-hydrogen) atoms. The molecular weight excluding hydrogens is 332 g/mol. The number of carbonyl (C=O) groups is 1. The largest absolute Gasteiger partial charge is 0.497 e. The maximum Gasteiger partial charge on any atom is 0.287 e. The number of furan rings is 1. The minimum atomic E-state index is -0.299. The van der Waals surface area contributed by atoms with Crippen molar-refractivity contribution in [3.8, 4) is 17.1 Å². The van der Waals surface area contributed by atoms with Gasteiger partial charge in [-0.2, -0.15) is 0 Å². The van der Waals surface area contributed by atoms with Crippen LogP contribution in [0.5, 0.6) is 5.75 Å². The fourth-order valence-corrected chi connectivity index (χ4v) is 2.66. The molecule has 0 aliphatic carbocycles. The van der Waals surface area contributed by atoms with Crippen LogP contribution in [-0.2, 0) is 6.54 Å². The standard InChI is InChI=1S/C20H16N2O4/c1-24-16-7-4-6-13(9-16)18-11-15(22-26-18)12-21-20(23)19-10-14-5-2-3-8-17(14)25-19/h2-11H,12H2,1H3,(H,21,23). The smallest absolute Gasteiger partial charge is 0.287 e. The number of hydrogen-bond donors (Lipinski definition) is 1. The molecule has 0 fully saturated rings. The average molecular weight is 348 g/mol. The Hall–Kier alpha value is -3.54. The van der Waals surface area contributed by atoms with Gasteiger partial charge >= 0.3 is 0 Å². The first-order chi connectivity index (χ1) is 12.7. The lowest BCUT2D eigenvalue weighted by Gasteiger charge is -2.00. The molecule has 2 heterocycles. The zero-order chi connectivity index (χ0) is 17.9. The number of aromatic nitrogens is 1. The van der Waals surface area contributed by atoms with Crippen molar-refractivity contribution in [3.05, 3.63) is 72.1 Å². The molecule has 4 rings (SSSR count). The van der Waals surface area contributed by atoms with Crippen LogP contribution in [0.1, 0.15) is 16.2 Å². The number of ether oxygens (including phenoxy) is 1. The van der Waals surface area contributed by atoms with Gasteiger partial charge in [0.25, 0.3) is 5.91 Å². The van der Waals surface area contributed by atoms with E-state index in [0.717, 1.165) is 16.7 Å². The Balaban J connectivity index is 1.44. The molecule has 2 aromatic heterocycles. The number of hydrogen-bond acceptors (Lipinski definition) is 5. The highest BCUT2D eigenvalue weighted by Crippen LogP contribution is 2.24. The third-order valence-corrected chi connectivity index (χ3v) is 3.99. The molecule has 0 aliphatic heterocycles. The fraction of sp³-hybridized carbons (Fsp3) is 0.100. The van der Waals surface area contributed by atoms with Crippen LogP contribution in [0.3, 0.4) is 0 Å². The Morgan fingerprint density at radius 1 is 1.12 bits per heavy atom. The van der Waals surface area contributed by atoms with Crippen molar-refractivity contribution >= 4 is 16.9 Å². The van der Waals surface area contributed by atoms with Gasteiger partial charge in [0.15, 0.2) is 11.5 Å². The highest BCUT2D eigenvalue weighted by atomic mass is 16.5. The van der Waals surface area contributed by atoms with Crippen LogP contribution in [0.2, 0.25) is 0 Å². The van der Waals surface area contributed by atoms with Crippen LogP contribution in [0, 0.1) is 0 Å². The average Bonchev–Trinajstić information content (AvgIpc) is 3.33. The molecule has 0 spiro atoms. The molecule has 0 bridgehead atoms. The molecule has 0 saturated carbocycles. The van der Waals surface area contributed by atoms with E-state index < -0.39 is 0 Å². The van der Waals surface area contributed by atoms with Crippen molar-refractivity contribution in [1.82, 2.24) is 10.5 Å². The van der Waals surface area contributed by atoms with Crippen molar-refractivity contribution in [2.24, 2.45) is 0 Å². The van der Waals surface area contributed by atoms with Crippen LogP contribution < -0.4 is 10.1 Å². The number of para-hydroxylation sites is 1. The zero-order valence-electron chi connectivity index (χ0n) is 14.1. The molecule has 130 valence electrons. The van der Waals surface area contributed by atoms with Crippen molar-refractivity contribution in [1.29, 1.82) is 0 Å². The summed E-state index contributed by atoms with van der Waals surface area (Å²) >= 11 is 0. The van der Waals surface area contributed by atoms with E-state index in [4.69, 9.17) is 13.7 Å². The summed E-state index contributed by atoms with van der Waals surface area (Å²) in [6.45, 7) is 0.239. The number of amides is 1. The number of benzene rings is 2. The van der Waals surface area contributed by atoms with Gasteiger partial charge in [-0.3, -0.25) is 4.79 Å². The quantitative estimate of drug-likeness (QED) is 0.589. The van der Waals surface area contributed by atoms with Crippen molar-refractivity contribution in [2.45, 2.75) is 6.54 Å². The summed E-state index contributed by atoms with van der Waals surface area (Å²) in [6, 6.07) is 18.5. The van der Waals surface area contributed by atoms with Gasteiger partial charge in [0.05, 0.1) is 13.7 Å². The van der Waals surface area contributed by atoms with E-state index in [1.165, 1.54) is 0 Å². The maximum atomic E-state index is 12.3. The van der Waals surface area contributed by atoms with Gasteiger partial charge in [-0.05, 0) is 24.3 Å². The second-order valence-electron chi connectivity index (χ2n) is 5.75. The fourth-order valence-electron chi connectivity index (χ4n) is 2.66. The Kier molecular flexibility index (Phi) is 4.15. The number of methoxy groups -OCH3 is 1. The first kappa shape index (κ1) is 16.0. The summed E-state index contributed by atoms with van der Waals surface area (Å²) in [6.07, 6.45) is 0. The first-order valence-corrected chi connectivity index (χ1v) is 8.10. The number of nitrogens with zero attached hydrogens (tertiary/aromatic N) is 1. The van der Waals surface area contributed by atoms with E-state index in [0.29, 0.717) is 17.0 Å². The Bertz CT molecular complexity index is 1030. The highest BCUT2D eigenvalue weighted by molar-refractivity contribution is 5.96.